The van der Waals surface area contributed by atoms with E-state index in [2.05, 4.69) is 68.7 Å². The molecule has 0 aromatic heterocycles. The maximum atomic E-state index is 3.46. The van der Waals surface area contributed by atoms with Gasteiger partial charge in [0.05, 0.1) is 14.1 Å². The summed E-state index contributed by atoms with van der Waals surface area (Å²) in [7, 11) is 4.47. The molecule has 1 nitrogen and oxygen atoms in total. The van der Waals surface area contributed by atoms with Gasteiger partial charge in [-0.25, -0.2) is 0 Å². The molecule has 0 radical (unpaired) electrons. The molecule has 1 aliphatic heterocycles. The zero-order chi connectivity index (χ0) is 13.0. The summed E-state index contributed by atoms with van der Waals surface area (Å²) in [6.45, 7) is 0. The van der Waals surface area contributed by atoms with Gasteiger partial charge in [-0.15, -0.1) is 11.5 Å². The van der Waals surface area contributed by atoms with E-state index in [1.54, 1.807) is 0 Å². The van der Waals surface area contributed by atoms with Crippen LogP contribution in [0.3, 0.4) is 0 Å². The van der Waals surface area contributed by atoms with Crippen molar-refractivity contribution in [3.05, 3.63) is 60.7 Å². The molecule has 4 rings (SSSR count). The van der Waals surface area contributed by atoms with Gasteiger partial charge >= 0.3 is 0 Å². The first-order valence-corrected chi connectivity index (χ1v) is 6.57. The third kappa shape index (κ3) is 1.28. The Hall–Kier alpha value is -2.12. The maximum Gasteiger partial charge on any atom is 0.142 e. The average molecular weight is 245 g/mol. The topological polar surface area (TPSA) is 0 Å². The Morgan fingerprint density at radius 2 is 1.63 bits per heavy atom. The molecule has 92 valence electrons. The second kappa shape index (κ2) is 3.46. The molecule has 0 saturated heterocycles. The SMILES string of the molecule is C[N+]1(C)c2ccccc2-c2cccc3cc[c-]c1c23. The van der Waals surface area contributed by atoms with E-state index < -0.39 is 0 Å². The van der Waals surface area contributed by atoms with E-state index in [0.717, 1.165) is 4.48 Å². The molecule has 0 bridgehead atoms. The highest BCUT2D eigenvalue weighted by Crippen LogP contribution is 2.49. The van der Waals surface area contributed by atoms with Crippen LogP contribution in [0.15, 0.2) is 54.6 Å². The second-order valence-electron chi connectivity index (χ2n) is 5.57. The van der Waals surface area contributed by atoms with Crippen molar-refractivity contribution in [2.75, 3.05) is 14.1 Å². The molecule has 0 unspecified atom stereocenters. The lowest BCUT2D eigenvalue weighted by Gasteiger charge is -2.39. The minimum absolute atomic E-state index is 0.754. The summed E-state index contributed by atoms with van der Waals surface area (Å²) in [6, 6.07) is 22.9. The summed E-state index contributed by atoms with van der Waals surface area (Å²) in [4.78, 5) is 0. The van der Waals surface area contributed by atoms with Gasteiger partial charge in [-0.3, -0.25) is 4.48 Å². The van der Waals surface area contributed by atoms with E-state index in [1.165, 1.54) is 33.3 Å². The standard InChI is InChI=1S/C18H15N/c1-19(2)16-11-4-3-9-14(16)15-10-5-7-13-8-6-12-17(19)18(13)15/h3-11H,1-2H3. The number of benzene rings is 3. The highest BCUT2D eigenvalue weighted by Gasteiger charge is 2.29. The molecule has 0 fully saturated rings. The molecule has 1 heteroatoms. The van der Waals surface area contributed by atoms with Gasteiger partial charge in [-0.1, -0.05) is 41.3 Å². The van der Waals surface area contributed by atoms with E-state index in [4.69, 9.17) is 0 Å². The molecular formula is C18H15N. The molecular weight excluding hydrogens is 230 g/mol. The number of quaternary nitrogens is 1. The first-order chi connectivity index (χ1) is 9.19. The summed E-state index contributed by atoms with van der Waals surface area (Å²) in [5.41, 5.74) is 5.26. The fraction of sp³-hybridized carbons (Fsp3) is 0.111. The van der Waals surface area contributed by atoms with Gasteiger partial charge in [-0.05, 0) is 6.07 Å². The Bertz CT molecular complexity index is 794. The van der Waals surface area contributed by atoms with Crippen molar-refractivity contribution in [1.82, 2.24) is 4.48 Å². The lowest BCUT2D eigenvalue weighted by atomic mass is 9.90. The van der Waals surface area contributed by atoms with Gasteiger partial charge < -0.3 is 0 Å². The summed E-state index contributed by atoms with van der Waals surface area (Å²) in [6.07, 6.45) is 0. The molecule has 0 spiro atoms. The zero-order valence-corrected chi connectivity index (χ0v) is 11.1. The number of para-hydroxylation sites is 1. The first kappa shape index (κ1) is 10.8. The van der Waals surface area contributed by atoms with Crippen LogP contribution >= 0.6 is 0 Å². The van der Waals surface area contributed by atoms with Crippen LogP contribution in [0.1, 0.15) is 0 Å². The van der Waals surface area contributed by atoms with Crippen molar-refractivity contribution >= 4 is 22.1 Å². The fourth-order valence-electron chi connectivity index (χ4n) is 3.23. The van der Waals surface area contributed by atoms with Crippen LogP contribution in [0.5, 0.6) is 0 Å². The van der Waals surface area contributed by atoms with Gasteiger partial charge in [0.15, 0.2) is 0 Å². The van der Waals surface area contributed by atoms with Gasteiger partial charge in [0.25, 0.3) is 0 Å². The molecule has 19 heavy (non-hydrogen) atoms. The van der Waals surface area contributed by atoms with Crippen molar-refractivity contribution < 1.29 is 0 Å². The third-order valence-electron chi connectivity index (χ3n) is 4.17. The van der Waals surface area contributed by atoms with E-state index in [0.29, 0.717) is 0 Å². The quantitative estimate of drug-likeness (QED) is 0.403. The Balaban J connectivity index is 2.28. The Labute approximate surface area is 113 Å². The molecule has 1 aliphatic rings. The summed E-state index contributed by atoms with van der Waals surface area (Å²) in [5.74, 6) is 0. The van der Waals surface area contributed by atoms with Gasteiger partial charge in [0.1, 0.15) is 5.69 Å². The van der Waals surface area contributed by atoms with Crippen LogP contribution in [0.2, 0.25) is 0 Å². The average Bonchev–Trinajstić information content (AvgIpc) is 2.45. The van der Waals surface area contributed by atoms with Crippen molar-refractivity contribution in [1.29, 1.82) is 0 Å². The molecule has 0 N–H and O–H groups in total. The van der Waals surface area contributed by atoms with E-state index in [9.17, 15) is 0 Å². The van der Waals surface area contributed by atoms with Gasteiger partial charge in [0, 0.05) is 17.3 Å². The molecule has 0 amide bonds. The number of nitrogens with zero attached hydrogens (tertiary/aromatic N) is 1. The Morgan fingerprint density at radius 3 is 2.53 bits per heavy atom. The highest BCUT2D eigenvalue weighted by atomic mass is 15.3. The van der Waals surface area contributed by atoms with Gasteiger partial charge in [-0.2, -0.15) is 12.1 Å². The van der Waals surface area contributed by atoms with Crippen LogP contribution in [0.4, 0.5) is 11.4 Å². The third-order valence-corrected chi connectivity index (χ3v) is 4.17. The molecule has 0 atom stereocenters. The van der Waals surface area contributed by atoms with Crippen LogP contribution in [-0.2, 0) is 0 Å². The number of rotatable bonds is 0. The van der Waals surface area contributed by atoms with Crippen molar-refractivity contribution in [3.63, 3.8) is 0 Å². The van der Waals surface area contributed by atoms with Gasteiger partial charge in [0.2, 0.25) is 0 Å². The first-order valence-electron chi connectivity index (χ1n) is 6.57. The van der Waals surface area contributed by atoms with Crippen LogP contribution < -0.4 is 4.48 Å². The fourth-order valence-corrected chi connectivity index (χ4v) is 3.23. The maximum absolute atomic E-state index is 3.46. The number of hydrogen-bond acceptors (Lipinski definition) is 0. The Kier molecular flexibility index (Phi) is 1.96. The minimum Gasteiger partial charge on any atom is -0.284 e. The zero-order valence-electron chi connectivity index (χ0n) is 11.1. The summed E-state index contributed by atoms with van der Waals surface area (Å²) < 4.78 is 0.754. The minimum atomic E-state index is 0.754. The predicted molar refractivity (Wildman–Crippen MR) is 81.5 cm³/mol. The molecule has 3 aromatic carbocycles. The smallest absolute Gasteiger partial charge is 0.142 e. The summed E-state index contributed by atoms with van der Waals surface area (Å²) in [5, 5.41) is 2.64. The molecule has 1 heterocycles. The van der Waals surface area contributed by atoms with Crippen molar-refractivity contribution in [2.24, 2.45) is 0 Å². The Morgan fingerprint density at radius 1 is 0.842 bits per heavy atom. The van der Waals surface area contributed by atoms with E-state index >= 15 is 0 Å². The highest BCUT2D eigenvalue weighted by molar-refractivity contribution is 6.09. The molecule has 0 aliphatic carbocycles. The number of fused-ring (bicyclic) bond motifs is 2. The van der Waals surface area contributed by atoms with Crippen LogP contribution in [0.25, 0.3) is 21.9 Å². The molecule has 3 aromatic rings. The lowest BCUT2D eigenvalue weighted by Crippen LogP contribution is -2.36. The molecule has 0 saturated carbocycles. The number of hydrogen-bond donors (Lipinski definition) is 0. The predicted octanol–water partition coefficient (Wildman–Crippen LogP) is 4.52. The van der Waals surface area contributed by atoms with E-state index in [-0.39, 0.29) is 0 Å². The van der Waals surface area contributed by atoms with Crippen LogP contribution in [-0.4, -0.2) is 14.1 Å². The van der Waals surface area contributed by atoms with Crippen LogP contribution in [0, 0.1) is 6.07 Å². The lowest BCUT2D eigenvalue weighted by molar-refractivity contribution is 0.557. The largest absolute Gasteiger partial charge is 0.284 e. The van der Waals surface area contributed by atoms with Crippen molar-refractivity contribution in [2.45, 2.75) is 0 Å². The monoisotopic (exact) mass is 245 g/mol. The van der Waals surface area contributed by atoms with E-state index in [1.807, 2.05) is 6.07 Å². The normalized spacial score (nSPS) is 15.3. The summed E-state index contributed by atoms with van der Waals surface area (Å²) >= 11 is 0. The van der Waals surface area contributed by atoms with Crippen molar-refractivity contribution in [3.8, 4) is 11.1 Å². The second-order valence-corrected chi connectivity index (χ2v) is 5.57.